The molecule has 2 aromatic carbocycles. The predicted octanol–water partition coefficient (Wildman–Crippen LogP) is 4.51. The van der Waals surface area contributed by atoms with Crippen molar-refractivity contribution in [3.8, 4) is 5.75 Å². The Morgan fingerprint density at radius 2 is 1.48 bits per heavy atom. The second-order valence-electron chi connectivity index (χ2n) is 5.78. The quantitative estimate of drug-likeness (QED) is 0.817. The van der Waals surface area contributed by atoms with Gasteiger partial charge in [0, 0.05) is 6.04 Å². The third-order valence-corrected chi connectivity index (χ3v) is 4.29. The number of nitrogens with one attached hydrogen (secondary N) is 1. The fourth-order valence-corrected chi connectivity index (χ4v) is 2.48. The zero-order valence-corrected chi connectivity index (χ0v) is 13.1. The maximum Gasteiger partial charge on any atom is 0.115 e. The van der Waals surface area contributed by atoms with Gasteiger partial charge in [0.2, 0.25) is 0 Å². The zero-order chi connectivity index (χ0) is 15.2. The number of benzene rings is 2. The molecule has 2 aromatic rings. The van der Waals surface area contributed by atoms with Crippen molar-refractivity contribution >= 4 is 0 Å². The molecule has 0 heterocycles. The maximum atomic E-state index is 9.50. The SMILES string of the molecule is CCC(C)C(C)NC(c1ccccc1)c1ccc(O)cc1. The van der Waals surface area contributed by atoms with Crippen molar-refractivity contribution in [3.05, 3.63) is 65.7 Å². The van der Waals surface area contributed by atoms with E-state index in [1.165, 1.54) is 11.1 Å². The molecule has 0 fully saturated rings. The first kappa shape index (κ1) is 15.6. The summed E-state index contributed by atoms with van der Waals surface area (Å²) in [5, 5.41) is 13.2. The van der Waals surface area contributed by atoms with Crippen molar-refractivity contribution in [1.82, 2.24) is 5.32 Å². The smallest absolute Gasteiger partial charge is 0.115 e. The van der Waals surface area contributed by atoms with Gasteiger partial charge in [-0.3, -0.25) is 0 Å². The fourth-order valence-electron chi connectivity index (χ4n) is 2.48. The van der Waals surface area contributed by atoms with Gasteiger partial charge < -0.3 is 10.4 Å². The van der Waals surface area contributed by atoms with Crippen LogP contribution in [-0.4, -0.2) is 11.1 Å². The standard InChI is InChI=1S/C19H25NO/c1-4-14(2)15(3)20-19(16-8-6-5-7-9-16)17-10-12-18(21)13-11-17/h5-15,19-21H,4H2,1-3H3. The molecule has 3 atom stereocenters. The van der Waals surface area contributed by atoms with Gasteiger partial charge in [-0.2, -0.15) is 0 Å². The van der Waals surface area contributed by atoms with Crippen molar-refractivity contribution in [2.24, 2.45) is 5.92 Å². The van der Waals surface area contributed by atoms with Crippen molar-refractivity contribution in [2.75, 3.05) is 0 Å². The number of phenolic OH excluding ortho intramolecular Hbond substituents is 1. The highest BCUT2D eigenvalue weighted by Gasteiger charge is 2.19. The molecule has 21 heavy (non-hydrogen) atoms. The van der Waals surface area contributed by atoms with Crippen LogP contribution in [0.5, 0.6) is 5.75 Å². The summed E-state index contributed by atoms with van der Waals surface area (Å²) >= 11 is 0. The first-order valence-corrected chi connectivity index (χ1v) is 7.71. The van der Waals surface area contributed by atoms with Crippen LogP contribution in [0, 0.1) is 5.92 Å². The van der Waals surface area contributed by atoms with Crippen LogP contribution < -0.4 is 5.32 Å². The van der Waals surface area contributed by atoms with Gasteiger partial charge in [-0.1, -0.05) is 62.7 Å². The lowest BCUT2D eigenvalue weighted by Gasteiger charge is -2.27. The lowest BCUT2D eigenvalue weighted by molar-refractivity contribution is 0.369. The molecule has 112 valence electrons. The van der Waals surface area contributed by atoms with Gasteiger partial charge in [0.05, 0.1) is 6.04 Å². The lowest BCUT2D eigenvalue weighted by Crippen LogP contribution is -2.35. The van der Waals surface area contributed by atoms with E-state index in [0.717, 1.165) is 6.42 Å². The van der Waals surface area contributed by atoms with Crippen molar-refractivity contribution in [3.63, 3.8) is 0 Å². The predicted molar refractivity (Wildman–Crippen MR) is 88.4 cm³/mol. The third-order valence-electron chi connectivity index (χ3n) is 4.29. The lowest BCUT2D eigenvalue weighted by atomic mass is 9.94. The largest absolute Gasteiger partial charge is 0.508 e. The minimum atomic E-state index is 0.149. The number of hydrogen-bond acceptors (Lipinski definition) is 2. The summed E-state index contributed by atoms with van der Waals surface area (Å²) in [6.45, 7) is 6.74. The fraction of sp³-hybridized carbons (Fsp3) is 0.368. The van der Waals surface area contributed by atoms with E-state index in [2.05, 4.69) is 50.4 Å². The average Bonchev–Trinajstić information content (AvgIpc) is 2.53. The molecular weight excluding hydrogens is 258 g/mol. The van der Waals surface area contributed by atoms with Crippen LogP contribution in [0.4, 0.5) is 0 Å². The molecule has 0 aliphatic rings. The van der Waals surface area contributed by atoms with Crippen LogP contribution in [0.25, 0.3) is 0 Å². The highest BCUT2D eigenvalue weighted by molar-refractivity contribution is 5.35. The molecule has 0 bridgehead atoms. The Bertz CT molecular complexity index is 535. The zero-order valence-electron chi connectivity index (χ0n) is 13.1. The number of rotatable bonds is 6. The average molecular weight is 283 g/mol. The maximum absolute atomic E-state index is 9.50. The molecule has 2 nitrogen and oxygen atoms in total. The minimum absolute atomic E-state index is 0.149. The van der Waals surface area contributed by atoms with Gasteiger partial charge in [-0.05, 0) is 36.1 Å². The Labute approximate surface area is 127 Å². The first-order valence-electron chi connectivity index (χ1n) is 7.71. The number of hydrogen-bond donors (Lipinski definition) is 2. The van der Waals surface area contributed by atoms with Crippen LogP contribution in [0.3, 0.4) is 0 Å². The summed E-state index contributed by atoms with van der Waals surface area (Å²) in [6, 6.07) is 18.5. The van der Waals surface area contributed by atoms with E-state index in [1.807, 2.05) is 18.2 Å². The molecule has 3 unspecified atom stereocenters. The van der Waals surface area contributed by atoms with E-state index in [4.69, 9.17) is 0 Å². The molecule has 2 heteroatoms. The summed E-state index contributed by atoms with van der Waals surface area (Å²) in [6.07, 6.45) is 1.16. The monoisotopic (exact) mass is 283 g/mol. The van der Waals surface area contributed by atoms with Gasteiger partial charge in [0.1, 0.15) is 5.75 Å². The van der Waals surface area contributed by atoms with E-state index in [9.17, 15) is 5.11 Å². The molecule has 0 spiro atoms. The molecule has 0 saturated carbocycles. The van der Waals surface area contributed by atoms with Gasteiger partial charge in [0.15, 0.2) is 0 Å². The Balaban J connectivity index is 2.29. The molecule has 2 N–H and O–H groups in total. The van der Waals surface area contributed by atoms with Crippen LogP contribution in [-0.2, 0) is 0 Å². The number of phenols is 1. The Hall–Kier alpha value is -1.80. The van der Waals surface area contributed by atoms with Crippen molar-refractivity contribution < 1.29 is 5.11 Å². The topological polar surface area (TPSA) is 32.3 Å². The first-order chi connectivity index (χ1) is 10.1. The van der Waals surface area contributed by atoms with Crippen LogP contribution in [0.1, 0.15) is 44.4 Å². The van der Waals surface area contributed by atoms with Gasteiger partial charge in [-0.15, -0.1) is 0 Å². The molecule has 0 saturated heterocycles. The van der Waals surface area contributed by atoms with Gasteiger partial charge >= 0.3 is 0 Å². The molecule has 0 aliphatic heterocycles. The summed E-state index contributed by atoms with van der Waals surface area (Å²) in [5.41, 5.74) is 2.42. The molecule has 2 rings (SSSR count). The Morgan fingerprint density at radius 3 is 2.05 bits per heavy atom. The third kappa shape index (κ3) is 4.08. The Kier molecular flexibility index (Phi) is 5.40. The second-order valence-corrected chi connectivity index (χ2v) is 5.78. The molecule has 0 aromatic heterocycles. The van der Waals surface area contributed by atoms with E-state index in [0.29, 0.717) is 17.7 Å². The van der Waals surface area contributed by atoms with Crippen LogP contribution in [0.2, 0.25) is 0 Å². The molecule has 0 aliphatic carbocycles. The van der Waals surface area contributed by atoms with Gasteiger partial charge in [0.25, 0.3) is 0 Å². The van der Waals surface area contributed by atoms with Crippen LogP contribution in [0.15, 0.2) is 54.6 Å². The van der Waals surface area contributed by atoms with E-state index >= 15 is 0 Å². The number of aromatic hydroxyl groups is 1. The summed E-state index contributed by atoms with van der Waals surface area (Å²) < 4.78 is 0. The summed E-state index contributed by atoms with van der Waals surface area (Å²) in [4.78, 5) is 0. The summed E-state index contributed by atoms with van der Waals surface area (Å²) in [7, 11) is 0. The molecule has 0 radical (unpaired) electrons. The van der Waals surface area contributed by atoms with Gasteiger partial charge in [-0.25, -0.2) is 0 Å². The summed E-state index contributed by atoms with van der Waals surface area (Å²) in [5.74, 6) is 0.925. The van der Waals surface area contributed by atoms with Crippen molar-refractivity contribution in [1.29, 1.82) is 0 Å². The molecule has 0 amide bonds. The van der Waals surface area contributed by atoms with Crippen LogP contribution >= 0.6 is 0 Å². The minimum Gasteiger partial charge on any atom is -0.508 e. The van der Waals surface area contributed by atoms with E-state index in [-0.39, 0.29) is 6.04 Å². The highest BCUT2D eigenvalue weighted by atomic mass is 16.3. The van der Waals surface area contributed by atoms with Crippen molar-refractivity contribution in [2.45, 2.75) is 39.3 Å². The molecular formula is C19H25NO. The van der Waals surface area contributed by atoms with E-state index in [1.54, 1.807) is 12.1 Å². The highest BCUT2D eigenvalue weighted by Crippen LogP contribution is 2.25. The van der Waals surface area contributed by atoms with E-state index < -0.39 is 0 Å². The second kappa shape index (κ2) is 7.28. The Morgan fingerprint density at radius 1 is 0.905 bits per heavy atom. The normalized spacial score (nSPS) is 15.4.